The highest BCUT2D eigenvalue weighted by Gasteiger charge is 2.72. The Morgan fingerprint density at radius 1 is 1.29 bits per heavy atom. The number of hydrogen-bond acceptors (Lipinski definition) is 3. The van der Waals surface area contributed by atoms with Gasteiger partial charge in [0, 0.05) is 12.8 Å². The van der Waals surface area contributed by atoms with Crippen LogP contribution in [0.15, 0.2) is 0 Å². The first-order chi connectivity index (χ1) is 6.31. The Hall–Kier alpha value is -0.750. The molecule has 14 heavy (non-hydrogen) atoms. The molecule has 2 N–H and O–H groups in total. The largest absolute Gasteiger partial charge is 0.481 e. The molecule has 1 heterocycles. The number of carboxylic acid groups (broad SMARTS) is 1. The van der Waals surface area contributed by atoms with E-state index in [-0.39, 0.29) is 13.2 Å². The molecule has 4 nitrogen and oxygen atoms in total. The third-order valence-corrected chi connectivity index (χ3v) is 3.10. The van der Waals surface area contributed by atoms with E-state index in [0.29, 0.717) is 0 Å². The summed E-state index contributed by atoms with van der Waals surface area (Å²) in [6, 6.07) is 0. The van der Waals surface area contributed by atoms with Crippen LogP contribution in [0.1, 0.15) is 12.8 Å². The van der Waals surface area contributed by atoms with Gasteiger partial charge in [-0.05, 0) is 0 Å². The highest BCUT2D eigenvalue weighted by Crippen LogP contribution is 2.59. The van der Waals surface area contributed by atoms with Crippen molar-refractivity contribution in [3.8, 4) is 0 Å². The first-order valence-electron chi connectivity index (χ1n) is 4.23. The maximum absolute atomic E-state index is 12.7. The number of rotatable bonds is 2. The van der Waals surface area contributed by atoms with Gasteiger partial charge in [-0.2, -0.15) is 0 Å². The fraction of sp³-hybridized carbons (Fsp3) is 0.875. The van der Waals surface area contributed by atoms with Crippen molar-refractivity contribution in [2.45, 2.75) is 24.4 Å². The lowest BCUT2D eigenvalue weighted by atomic mass is 9.56. The zero-order valence-corrected chi connectivity index (χ0v) is 7.30. The van der Waals surface area contributed by atoms with Crippen LogP contribution in [0.2, 0.25) is 0 Å². The molecular formula is C8H10F2O4. The highest BCUT2D eigenvalue weighted by molar-refractivity contribution is 5.78. The molecule has 0 radical (unpaired) electrons. The smallest absolute Gasteiger partial charge is 0.313 e. The number of halogens is 2. The minimum absolute atomic E-state index is 0.171. The second kappa shape index (κ2) is 2.43. The van der Waals surface area contributed by atoms with E-state index in [2.05, 4.69) is 4.74 Å². The van der Waals surface area contributed by atoms with E-state index >= 15 is 0 Å². The number of aliphatic hydroxyl groups is 1. The Bertz CT molecular complexity index is 277. The molecule has 0 amide bonds. The normalized spacial score (nSPS) is 31.4. The van der Waals surface area contributed by atoms with E-state index in [0.717, 1.165) is 0 Å². The number of carbonyl (C=O) groups is 1. The van der Waals surface area contributed by atoms with Gasteiger partial charge in [-0.3, -0.25) is 4.79 Å². The molecule has 0 bridgehead atoms. The van der Waals surface area contributed by atoms with Gasteiger partial charge in [0.15, 0.2) is 0 Å². The average Bonchev–Trinajstić information content (AvgIpc) is 1.94. The van der Waals surface area contributed by atoms with E-state index in [4.69, 9.17) is 5.11 Å². The van der Waals surface area contributed by atoms with Crippen LogP contribution in [0, 0.1) is 5.41 Å². The Morgan fingerprint density at radius 3 is 2.00 bits per heavy atom. The topological polar surface area (TPSA) is 66.8 Å². The molecule has 0 aromatic carbocycles. The summed E-state index contributed by atoms with van der Waals surface area (Å²) in [5, 5.41) is 18.6. The average molecular weight is 208 g/mol. The number of carboxylic acids is 1. The lowest BCUT2D eigenvalue weighted by Crippen LogP contribution is -2.71. The summed E-state index contributed by atoms with van der Waals surface area (Å²) < 4.78 is 30.0. The number of alkyl halides is 2. The first kappa shape index (κ1) is 9.79. The van der Waals surface area contributed by atoms with Gasteiger partial charge in [0.05, 0.1) is 13.2 Å². The maximum Gasteiger partial charge on any atom is 0.313 e. The second-order valence-electron chi connectivity index (χ2n) is 4.12. The van der Waals surface area contributed by atoms with E-state index < -0.39 is 35.7 Å². The molecule has 1 saturated heterocycles. The summed E-state index contributed by atoms with van der Waals surface area (Å²) >= 11 is 0. The molecule has 2 fully saturated rings. The minimum atomic E-state index is -2.97. The van der Waals surface area contributed by atoms with Gasteiger partial charge in [0.2, 0.25) is 0 Å². The molecule has 1 aliphatic carbocycles. The van der Waals surface area contributed by atoms with Gasteiger partial charge in [-0.1, -0.05) is 0 Å². The first-order valence-corrected chi connectivity index (χ1v) is 4.23. The molecule has 6 heteroatoms. The van der Waals surface area contributed by atoms with Crippen LogP contribution in [0.3, 0.4) is 0 Å². The number of aliphatic carboxylic acids is 1. The molecule has 0 unspecified atom stereocenters. The van der Waals surface area contributed by atoms with Gasteiger partial charge < -0.3 is 14.9 Å². The zero-order valence-electron chi connectivity index (χ0n) is 7.30. The van der Waals surface area contributed by atoms with Crippen LogP contribution in [0.4, 0.5) is 8.78 Å². The number of ether oxygens (including phenoxy) is 1. The van der Waals surface area contributed by atoms with Crippen molar-refractivity contribution in [3.63, 3.8) is 0 Å². The fourth-order valence-corrected chi connectivity index (χ4v) is 2.08. The van der Waals surface area contributed by atoms with E-state index in [9.17, 15) is 18.7 Å². The van der Waals surface area contributed by atoms with Crippen LogP contribution in [0.5, 0.6) is 0 Å². The summed E-state index contributed by atoms with van der Waals surface area (Å²) in [7, 11) is 0. The van der Waals surface area contributed by atoms with Crippen molar-refractivity contribution in [3.05, 3.63) is 0 Å². The van der Waals surface area contributed by atoms with Crippen molar-refractivity contribution in [2.75, 3.05) is 13.2 Å². The number of hydrogen-bond donors (Lipinski definition) is 2. The summed E-state index contributed by atoms with van der Waals surface area (Å²) in [6.45, 7) is -0.342. The third kappa shape index (κ3) is 1.01. The van der Waals surface area contributed by atoms with Gasteiger partial charge in [-0.15, -0.1) is 0 Å². The highest BCUT2D eigenvalue weighted by atomic mass is 19.3. The molecule has 0 spiro atoms. The zero-order chi connectivity index (χ0) is 10.6. The maximum atomic E-state index is 12.7. The van der Waals surface area contributed by atoms with Gasteiger partial charge in [0.1, 0.15) is 11.0 Å². The molecular weight excluding hydrogens is 198 g/mol. The predicted molar refractivity (Wildman–Crippen MR) is 40.0 cm³/mol. The van der Waals surface area contributed by atoms with Crippen molar-refractivity contribution >= 4 is 5.97 Å². The van der Waals surface area contributed by atoms with Gasteiger partial charge >= 0.3 is 5.97 Å². The summed E-state index contributed by atoms with van der Waals surface area (Å²) in [5.74, 6) is -4.34. The van der Waals surface area contributed by atoms with Crippen molar-refractivity contribution in [1.29, 1.82) is 0 Å². The van der Waals surface area contributed by atoms with E-state index in [1.54, 1.807) is 0 Å². The summed E-state index contributed by atoms with van der Waals surface area (Å²) in [4.78, 5) is 10.9. The quantitative estimate of drug-likeness (QED) is 0.682. The molecule has 2 aliphatic rings. The Kier molecular flexibility index (Phi) is 1.70. The standard InChI is InChI=1S/C8H10F2O4/c9-8(10)1-6(2-8,5(11)12)7(13)3-14-4-7/h13H,1-4H2,(H,11,12). The third-order valence-electron chi connectivity index (χ3n) is 3.10. The Labute approximate surface area is 78.5 Å². The molecule has 0 aromatic rings. The Balaban J connectivity index is 2.22. The lowest BCUT2D eigenvalue weighted by molar-refractivity contribution is -0.302. The van der Waals surface area contributed by atoms with Crippen LogP contribution >= 0.6 is 0 Å². The molecule has 0 atom stereocenters. The molecule has 0 aromatic heterocycles. The van der Waals surface area contributed by atoms with Crippen molar-refractivity contribution in [2.24, 2.45) is 5.41 Å². The molecule has 2 rings (SSSR count). The summed E-state index contributed by atoms with van der Waals surface area (Å²) in [5.41, 5.74) is -3.32. The fourth-order valence-electron chi connectivity index (χ4n) is 2.08. The van der Waals surface area contributed by atoms with Crippen LogP contribution < -0.4 is 0 Å². The lowest BCUT2D eigenvalue weighted by Gasteiger charge is -2.56. The molecule has 1 aliphatic heterocycles. The van der Waals surface area contributed by atoms with Gasteiger partial charge in [-0.25, -0.2) is 8.78 Å². The van der Waals surface area contributed by atoms with Crippen LogP contribution in [-0.4, -0.2) is 40.9 Å². The summed E-state index contributed by atoms with van der Waals surface area (Å²) in [6.07, 6.45) is -1.59. The molecule has 80 valence electrons. The van der Waals surface area contributed by atoms with E-state index in [1.807, 2.05) is 0 Å². The second-order valence-corrected chi connectivity index (χ2v) is 4.12. The van der Waals surface area contributed by atoms with Crippen molar-refractivity contribution < 1.29 is 28.5 Å². The monoisotopic (exact) mass is 208 g/mol. The Morgan fingerprint density at radius 2 is 1.79 bits per heavy atom. The van der Waals surface area contributed by atoms with Gasteiger partial charge in [0.25, 0.3) is 5.92 Å². The van der Waals surface area contributed by atoms with Crippen LogP contribution in [0.25, 0.3) is 0 Å². The van der Waals surface area contributed by atoms with Crippen molar-refractivity contribution in [1.82, 2.24) is 0 Å². The minimum Gasteiger partial charge on any atom is -0.481 e. The van der Waals surface area contributed by atoms with E-state index in [1.165, 1.54) is 0 Å². The SMILES string of the molecule is O=C(O)C1(C2(O)COC2)CC(F)(F)C1. The molecule has 1 saturated carbocycles. The van der Waals surface area contributed by atoms with Crippen LogP contribution in [-0.2, 0) is 9.53 Å². The predicted octanol–water partition coefficient (Wildman–Crippen LogP) is 0.248.